The Kier molecular flexibility index (Phi) is 3.14. The number of hydrogen-bond donors (Lipinski definition) is 2. The molecule has 2 aromatic rings. The molecule has 0 spiro atoms. The number of urea groups is 1. The Morgan fingerprint density at radius 3 is 2.30 bits per heavy atom. The first-order chi connectivity index (χ1) is 9.70. The number of anilines is 1. The molecule has 1 saturated carbocycles. The minimum Gasteiger partial charge on any atom is -0.328 e. The number of halogens is 1. The van der Waals surface area contributed by atoms with Crippen molar-refractivity contribution >= 4 is 11.7 Å². The molecule has 102 valence electrons. The van der Waals surface area contributed by atoms with E-state index >= 15 is 0 Å². The lowest BCUT2D eigenvalue weighted by Crippen LogP contribution is -2.38. The van der Waals surface area contributed by atoms with Crippen molar-refractivity contribution in [2.45, 2.75) is 18.4 Å². The molecule has 1 fully saturated rings. The van der Waals surface area contributed by atoms with Gasteiger partial charge in [-0.3, -0.25) is 0 Å². The van der Waals surface area contributed by atoms with Gasteiger partial charge in [0.25, 0.3) is 0 Å². The number of carbonyl (C=O) groups excluding carboxylic acids is 1. The van der Waals surface area contributed by atoms with Crippen molar-refractivity contribution in [2.24, 2.45) is 0 Å². The maximum absolute atomic E-state index is 13.5. The molecule has 0 atom stereocenters. The quantitative estimate of drug-likeness (QED) is 0.878. The van der Waals surface area contributed by atoms with E-state index in [0.717, 1.165) is 18.4 Å². The van der Waals surface area contributed by atoms with E-state index in [9.17, 15) is 9.18 Å². The second-order valence-electron chi connectivity index (χ2n) is 5.01. The van der Waals surface area contributed by atoms with Crippen LogP contribution in [0.5, 0.6) is 0 Å². The minimum absolute atomic E-state index is 0.189. The van der Waals surface area contributed by atoms with Crippen LogP contribution in [0, 0.1) is 5.82 Å². The molecule has 1 aliphatic carbocycles. The van der Waals surface area contributed by atoms with Gasteiger partial charge in [-0.2, -0.15) is 0 Å². The molecule has 1 aliphatic rings. The van der Waals surface area contributed by atoms with E-state index in [-0.39, 0.29) is 17.3 Å². The number of rotatable bonds is 3. The predicted octanol–water partition coefficient (Wildman–Crippen LogP) is 3.64. The van der Waals surface area contributed by atoms with Crippen molar-refractivity contribution in [3.8, 4) is 0 Å². The van der Waals surface area contributed by atoms with Gasteiger partial charge in [-0.1, -0.05) is 42.5 Å². The molecule has 0 heterocycles. The Balaban J connectivity index is 1.70. The van der Waals surface area contributed by atoms with Crippen LogP contribution in [0.4, 0.5) is 14.9 Å². The summed E-state index contributed by atoms with van der Waals surface area (Å²) in [5, 5.41) is 5.49. The van der Waals surface area contributed by atoms with Crippen LogP contribution in [0.3, 0.4) is 0 Å². The summed E-state index contributed by atoms with van der Waals surface area (Å²) >= 11 is 0. The standard InChI is InChI=1S/C16H15FN2O/c17-13-8-4-5-9-14(13)18-15(20)19-16(10-11-16)12-6-2-1-3-7-12/h1-9H,10-11H2,(H2,18,19,20). The fourth-order valence-electron chi connectivity index (χ4n) is 2.30. The summed E-state index contributed by atoms with van der Waals surface area (Å²) in [6.45, 7) is 0. The van der Waals surface area contributed by atoms with Crippen LogP contribution in [-0.4, -0.2) is 6.03 Å². The van der Waals surface area contributed by atoms with Gasteiger partial charge in [-0.05, 0) is 30.5 Å². The lowest BCUT2D eigenvalue weighted by Gasteiger charge is -2.18. The number of hydrogen-bond acceptors (Lipinski definition) is 1. The Morgan fingerprint density at radius 1 is 1.00 bits per heavy atom. The minimum atomic E-state index is -0.438. The lowest BCUT2D eigenvalue weighted by molar-refractivity contribution is 0.247. The molecule has 2 N–H and O–H groups in total. The average Bonchev–Trinajstić information content (AvgIpc) is 3.23. The Morgan fingerprint density at radius 2 is 1.65 bits per heavy atom. The molecule has 20 heavy (non-hydrogen) atoms. The zero-order chi connectivity index (χ0) is 14.0. The fourth-order valence-corrected chi connectivity index (χ4v) is 2.30. The Hall–Kier alpha value is -2.36. The van der Waals surface area contributed by atoms with E-state index < -0.39 is 5.82 Å². The van der Waals surface area contributed by atoms with Gasteiger partial charge in [-0.15, -0.1) is 0 Å². The van der Waals surface area contributed by atoms with Crippen LogP contribution in [-0.2, 0) is 5.54 Å². The zero-order valence-electron chi connectivity index (χ0n) is 10.9. The molecule has 0 aliphatic heterocycles. The van der Waals surface area contributed by atoms with Crippen LogP contribution in [0.1, 0.15) is 18.4 Å². The summed E-state index contributed by atoms with van der Waals surface area (Å²) in [5.74, 6) is -0.438. The first-order valence-electron chi connectivity index (χ1n) is 6.59. The summed E-state index contributed by atoms with van der Waals surface area (Å²) in [6, 6.07) is 15.6. The van der Waals surface area contributed by atoms with Gasteiger partial charge in [-0.25, -0.2) is 9.18 Å². The van der Waals surface area contributed by atoms with Crippen LogP contribution >= 0.6 is 0 Å². The first kappa shape index (κ1) is 12.7. The van der Waals surface area contributed by atoms with Gasteiger partial charge in [0.2, 0.25) is 0 Å². The average molecular weight is 270 g/mol. The summed E-state index contributed by atoms with van der Waals surface area (Å²) in [7, 11) is 0. The molecule has 0 bridgehead atoms. The Labute approximate surface area is 116 Å². The normalized spacial score (nSPS) is 15.4. The van der Waals surface area contributed by atoms with Gasteiger partial charge in [0, 0.05) is 0 Å². The summed E-state index contributed by atoms with van der Waals surface area (Å²) in [4.78, 5) is 12.0. The molecular formula is C16H15FN2O. The van der Waals surface area contributed by atoms with Crippen molar-refractivity contribution in [3.05, 3.63) is 66.0 Å². The van der Waals surface area contributed by atoms with E-state index in [1.165, 1.54) is 12.1 Å². The molecule has 4 heteroatoms. The largest absolute Gasteiger partial charge is 0.328 e. The summed E-state index contributed by atoms with van der Waals surface area (Å²) in [5.41, 5.74) is 0.980. The van der Waals surface area contributed by atoms with Gasteiger partial charge >= 0.3 is 6.03 Å². The fraction of sp³-hybridized carbons (Fsp3) is 0.188. The van der Waals surface area contributed by atoms with E-state index in [0.29, 0.717) is 0 Å². The lowest BCUT2D eigenvalue weighted by atomic mass is 10.1. The molecule has 0 unspecified atom stereocenters. The SMILES string of the molecule is O=C(Nc1ccccc1F)NC1(c2ccccc2)CC1. The molecule has 0 saturated heterocycles. The zero-order valence-corrected chi connectivity index (χ0v) is 10.9. The highest BCUT2D eigenvalue weighted by atomic mass is 19.1. The third-order valence-electron chi connectivity index (χ3n) is 3.55. The summed E-state index contributed by atoms with van der Waals surface area (Å²) < 4.78 is 13.5. The van der Waals surface area contributed by atoms with Crippen molar-refractivity contribution in [1.82, 2.24) is 5.32 Å². The van der Waals surface area contributed by atoms with Crippen molar-refractivity contribution in [3.63, 3.8) is 0 Å². The van der Waals surface area contributed by atoms with Crippen molar-refractivity contribution < 1.29 is 9.18 Å². The molecule has 3 rings (SSSR count). The van der Waals surface area contributed by atoms with E-state index in [1.54, 1.807) is 12.1 Å². The van der Waals surface area contributed by atoms with Crippen molar-refractivity contribution in [2.75, 3.05) is 5.32 Å². The van der Waals surface area contributed by atoms with Crippen molar-refractivity contribution in [1.29, 1.82) is 0 Å². The van der Waals surface area contributed by atoms with E-state index in [1.807, 2.05) is 30.3 Å². The molecular weight excluding hydrogens is 255 g/mol. The van der Waals surface area contributed by atoms with Crippen LogP contribution < -0.4 is 10.6 Å². The van der Waals surface area contributed by atoms with Gasteiger partial charge in [0.1, 0.15) is 5.82 Å². The maximum Gasteiger partial charge on any atom is 0.320 e. The van der Waals surface area contributed by atoms with Crippen LogP contribution in [0.2, 0.25) is 0 Å². The van der Waals surface area contributed by atoms with E-state index in [4.69, 9.17) is 0 Å². The predicted molar refractivity (Wildman–Crippen MR) is 75.9 cm³/mol. The topological polar surface area (TPSA) is 41.1 Å². The molecule has 3 nitrogen and oxygen atoms in total. The van der Waals surface area contributed by atoms with Crippen LogP contribution in [0.25, 0.3) is 0 Å². The van der Waals surface area contributed by atoms with Gasteiger partial charge < -0.3 is 10.6 Å². The number of carbonyl (C=O) groups is 1. The molecule has 2 aromatic carbocycles. The smallest absolute Gasteiger partial charge is 0.320 e. The highest BCUT2D eigenvalue weighted by Gasteiger charge is 2.45. The maximum atomic E-state index is 13.5. The second-order valence-corrected chi connectivity index (χ2v) is 5.01. The van der Waals surface area contributed by atoms with E-state index in [2.05, 4.69) is 10.6 Å². The highest BCUT2D eigenvalue weighted by molar-refractivity contribution is 5.90. The number of amides is 2. The third-order valence-corrected chi connectivity index (χ3v) is 3.55. The van der Waals surface area contributed by atoms with Crippen LogP contribution in [0.15, 0.2) is 54.6 Å². The monoisotopic (exact) mass is 270 g/mol. The summed E-state index contributed by atoms with van der Waals surface area (Å²) in [6.07, 6.45) is 1.81. The molecule has 0 radical (unpaired) electrons. The first-order valence-corrected chi connectivity index (χ1v) is 6.59. The Bertz CT molecular complexity index is 623. The van der Waals surface area contributed by atoms with Gasteiger partial charge in [0.05, 0.1) is 11.2 Å². The number of para-hydroxylation sites is 1. The number of nitrogens with one attached hydrogen (secondary N) is 2. The third kappa shape index (κ3) is 2.50. The molecule has 0 aromatic heterocycles. The highest BCUT2D eigenvalue weighted by Crippen LogP contribution is 2.45. The van der Waals surface area contributed by atoms with Gasteiger partial charge in [0.15, 0.2) is 0 Å². The second kappa shape index (κ2) is 4.96. The molecule has 2 amide bonds. The number of benzene rings is 2.